The van der Waals surface area contributed by atoms with Gasteiger partial charge in [0, 0.05) is 39.3 Å². The minimum Gasteiger partial charge on any atom is -0.481 e. The predicted molar refractivity (Wildman–Crippen MR) is 61.9 cm³/mol. The normalized spacial score (nSPS) is 16.5. The fourth-order valence-corrected chi connectivity index (χ4v) is 1.80. The Labute approximate surface area is 101 Å². The standard InChI is InChI=1S/C11H20N2O4/c1-13(9-4-7-17-8-5-9)11(16)12-6-2-3-10(14)15/h9H,2-8H2,1H3,(H,12,16)(H,14,15). The van der Waals surface area contributed by atoms with E-state index >= 15 is 0 Å². The lowest BCUT2D eigenvalue weighted by Gasteiger charge is -2.31. The van der Waals surface area contributed by atoms with Gasteiger partial charge in [-0.1, -0.05) is 0 Å². The van der Waals surface area contributed by atoms with E-state index in [9.17, 15) is 9.59 Å². The van der Waals surface area contributed by atoms with Gasteiger partial charge < -0.3 is 20.1 Å². The molecular formula is C11H20N2O4. The van der Waals surface area contributed by atoms with E-state index in [-0.39, 0.29) is 18.5 Å². The summed E-state index contributed by atoms with van der Waals surface area (Å²) in [7, 11) is 1.77. The van der Waals surface area contributed by atoms with Crippen LogP contribution in [0.2, 0.25) is 0 Å². The van der Waals surface area contributed by atoms with Crippen molar-refractivity contribution in [2.75, 3.05) is 26.8 Å². The molecule has 6 heteroatoms. The molecule has 0 aromatic carbocycles. The van der Waals surface area contributed by atoms with Crippen molar-refractivity contribution in [2.45, 2.75) is 31.7 Å². The van der Waals surface area contributed by atoms with Crippen LogP contribution in [0.3, 0.4) is 0 Å². The Morgan fingerprint density at radius 1 is 1.41 bits per heavy atom. The molecule has 1 aliphatic heterocycles. The van der Waals surface area contributed by atoms with E-state index in [4.69, 9.17) is 9.84 Å². The summed E-state index contributed by atoms with van der Waals surface area (Å²) in [5, 5.41) is 11.2. The third-order valence-corrected chi connectivity index (χ3v) is 2.90. The molecule has 0 saturated carbocycles. The maximum absolute atomic E-state index is 11.7. The van der Waals surface area contributed by atoms with Crippen LogP contribution >= 0.6 is 0 Å². The first-order valence-electron chi connectivity index (χ1n) is 5.91. The number of nitrogens with one attached hydrogen (secondary N) is 1. The van der Waals surface area contributed by atoms with Crippen LogP contribution in [0.15, 0.2) is 0 Å². The lowest BCUT2D eigenvalue weighted by Crippen LogP contribution is -2.46. The fraction of sp³-hybridized carbons (Fsp3) is 0.818. The number of ether oxygens (including phenoxy) is 1. The summed E-state index contributed by atoms with van der Waals surface area (Å²) in [4.78, 5) is 23.7. The minimum atomic E-state index is -0.836. The summed E-state index contributed by atoms with van der Waals surface area (Å²) in [6.07, 6.45) is 2.27. The third-order valence-electron chi connectivity index (χ3n) is 2.90. The number of nitrogens with zero attached hydrogens (tertiary/aromatic N) is 1. The number of carbonyl (C=O) groups is 2. The Hall–Kier alpha value is -1.30. The molecule has 1 saturated heterocycles. The molecule has 1 rings (SSSR count). The number of carbonyl (C=O) groups excluding carboxylic acids is 1. The van der Waals surface area contributed by atoms with E-state index in [1.807, 2.05) is 0 Å². The first-order chi connectivity index (χ1) is 8.11. The summed E-state index contributed by atoms with van der Waals surface area (Å²) in [5.74, 6) is -0.836. The monoisotopic (exact) mass is 244 g/mol. The van der Waals surface area contributed by atoms with Crippen molar-refractivity contribution in [1.29, 1.82) is 0 Å². The molecule has 0 atom stereocenters. The molecule has 1 fully saturated rings. The van der Waals surface area contributed by atoms with E-state index in [1.54, 1.807) is 11.9 Å². The Morgan fingerprint density at radius 2 is 2.06 bits per heavy atom. The van der Waals surface area contributed by atoms with Crippen LogP contribution in [0.25, 0.3) is 0 Å². The highest BCUT2D eigenvalue weighted by atomic mass is 16.5. The van der Waals surface area contributed by atoms with Gasteiger partial charge in [-0.3, -0.25) is 4.79 Å². The van der Waals surface area contributed by atoms with Crippen LogP contribution < -0.4 is 5.32 Å². The van der Waals surface area contributed by atoms with E-state index in [0.717, 1.165) is 12.8 Å². The number of rotatable bonds is 5. The lowest BCUT2D eigenvalue weighted by molar-refractivity contribution is -0.137. The largest absolute Gasteiger partial charge is 0.481 e. The molecule has 0 aromatic rings. The topological polar surface area (TPSA) is 78.9 Å². The van der Waals surface area contributed by atoms with Crippen molar-refractivity contribution in [3.05, 3.63) is 0 Å². The summed E-state index contributed by atoms with van der Waals surface area (Å²) in [6.45, 7) is 1.79. The number of carboxylic acid groups (broad SMARTS) is 1. The van der Waals surface area contributed by atoms with Gasteiger partial charge >= 0.3 is 12.0 Å². The Kier molecular flexibility index (Phi) is 5.76. The number of amides is 2. The molecule has 0 aliphatic carbocycles. The first kappa shape index (κ1) is 13.8. The molecule has 2 N–H and O–H groups in total. The summed E-state index contributed by atoms with van der Waals surface area (Å²) >= 11 is 0. The van der Waals surface area contributed by atoms with E-state index < -0.39 is 5.97 Å². The average molecular weight is 244 g/mol. The SMILES string of the molecule is CN(C(=O)NCCCC(=O)O)C1CCOCC1. The van der Waals surface area contributed by atoms with Crippen LogP contribution in [0.5, 0.6) is 0 Å². The van der Waals surface area contributed by atoms with Crippen LogP contribution in [-0.2, 0) is 9.53 Å². The van der Waals surface area contributed by atoms with Crippen molar-refractivity contribution < 1.29 is 19.4 Å². The van der Waals surface area contributed by atoms with E-state index in [2.05, 4.69) is 5.32 Å². The van der Waals surface area contributed by atoms with Gasteiger partial charge in [0.1, 0.15) is 0 Å². The zero-order chi connectivity index (χ0) is 12.7. The van der Waals surface area contributed by atoms with E-state index in [0.29, 0.717) is 26.2 Å². The molecule has 98 valence electrons. The highest BCUT2D eigenvalue weighted by Gasteiger charge is 2.21. The van der Waals surface area contributed by atoms with Gasteiger partial charge in [-0.15, -0.1) is 0 Å². The molecule has 17 heavy (non-hydrogen) atoms. The molecule has 6 nitrogen and oxygen atoms in total. The van der Waals surface area contributed by atoms with Gasteiger partial charge in [0.05, 0.1) is 0 Å². The van der Waals surface area contributed by atoms with Crippen molar-refractivity contribution in [2.24, 2.45) is 0 Å². The Bertz CT molecular complexity index is 264. The van der Waals surface area contributed by atoms with Gasteiger partial charge in [-0.25, -0.2) is 4.79 Å². The molecular weight excluding hydrogens is 224 g/mol. The Morgan fingerprint density at radius 3 is 2.65 bits per heavy atom. The quantitative estimate of drug-likeness (QED) is 0.697. The van der Waals surface area contributed by atoms with Gasteiger partial charge in [-0.2, -0.15) is 0 Å². The fourth-order valence-electron chi connectivity index (χ4n) is 1.80. The van der Waals surface area contributed by atoms with Crippen LogP contribution in [0.4, 0.5) is 4.79 Å². The maximum atomic E-state index is 11.7. The lowest BCUT2D eigenvalue weighted by atomic mass is 10.1. The molecule has 0 radical (unpaired) electrons. The van der Waals surface area contributed by atoms with Gasteiger partial charge in [0.25, 0.3) is 0 Å². The number of aliphatic carboxylic acids is 1. The number of hydrogen-bond acceptors (Lipinski definition) is 3. The summed E-state index contributed by atoms with van der Waals surface area (Å²) < 4.78 is 5.23. The number of urea groups is 1. The van der Waals surface area contributed by atoms with Crippen LogP contribution in [-0.4, -0.2) is 54.9 Å². The summed E-state index contributed by atoms with van der Waals surface area (Å²) in [6, 6.07) is 0.0884. The smallest absolute Gasteiger partial charge is 0.317 e. The highest BCUT2D eigenvalue weighted by Crippen LogP contribution is 2.12. The van der Waals surface area contributed by atoms with Gasteiger partial charge in [0.2, 0.25) is 0 Å². The Balaban J connectivity index is 2.19. The average Bonchev–Trinajstić information content (AvgIpc) is 2.34. The van der Waals surface area contributed by atoms with Crippen molar-refractivity contribution >= 4 is 12.0 Å². The number of hydrogen-bond donors (Lipinski definition) is 2. The first-order valence-corrected chi connectivity index (χ1v) is 5.91. The van der Waals surface area contributed by atoms with Gasteiger partial charge in [-0.05, 0) is 19.3 Å². The molecule has 0 bridgehead atoms. The second-order valence-electron chi connectivity index (χ2n) is 4.18. The zero-order valence-electron chi connectivity index (χ0n) is 10.1. The van der Waals surface area contributed by atoms with E-state index in [1.165, 1.54) is 0 Å². The summed E-state index contributed by atoms with van der Waals surface area (Å²) in [5.41, 5.74) is 0. The molecule has 0 unspecified atom stereocenters. The third kappa shape index (κ3) is 5.04. The predicted octanol–water partition coefficient (Wildman–Crippen LogP) is 0.672. The van der Waals surface area contributed by atoms with Crippen molar-refractivity contribution in [3.63, 3.8) is 0 Å². The minimum absolute atomic E-state index is 0.0846. The second-order valence-corrected chi connectivity index (χ2v) is 4.18. The van der Waals surface area contributed by atoms with Crippen LogP contribution in [0.1, 0.15) is 25.7 Å². The zero-order valence-corrected chi connectivity index (χ0v) is 10.1. The molecule has 0 spiro atoms. The second kappa shape index (κ2) is 7.11. The van der Waals surface area contributed by atoms with Crippen molar-refractivity contribution in [3.8, 4) is 0 Å². The van der Waals surface area contributed by atoms with Crippen LogP contribution in [0, 0.1) is 0 Å². The van der Waals surface area contributed by atoms with Gasteiger partial charge in [0.15, 0.2) is 0 Å². The highest BCUT2D eigenvalue weighted by molar-refractivity contribution is 5.74. The maximum Gasteiger partial charge on any atom is 0.317 e. The van der Waals surface area contributed by atoms with Crippen molar-refractivity contribution in [1.82, 2.24) is 10.2 Å². The molecule has 1 aliphatic rings. The number of carboxylic acids is 1. The molecule has 0 aromatic heterocycles. The molecule has 1 heterocycles. The molecule has 2 amide bonds.